The molecule has 0 aliphatic carbocycles. The highest BCUT2D eigenvalue weighted by molar-refractivity contribution is 7.16. The van der Waals surface area contributed by atoms with Crippen LogP contribution in [0.25, 0.3) is 0 Å². The Bertz CT molecular complexity index is 664. The molecule has 0 bridgehead atoms. The first-order valence-corrected chi connectivity index (χ1v) is 7.08. The number of carbonyl (C=O) groups excluding carboxylic acids is 2. The highest BCUT2D eigenvalue weighted by Gasteiger charge is 2.18. The first-order valence-electron chi connectivity index (χ1n) is 6.26. The van der Waals surface area contributed by atoms with Gasteiger partial charge in [0, 0.05) is 10.4 Å². The van der Waals surface area contributed by atoms with Gasteiger partial charge in [-0.1, -0.05) is 0 Å². The van der Waals surface area contributed by atoms with Crippen molar-refractivity contribution in [2.45, 2.75) is 13.8 Å². The van der Waals surface area contributed by atoms with Gasteiger partial charge in [-0.3, -0.25) is 10.1 Å². The number of rotatable bonds is 4. The number of ether oxygens (including phenoxy) is 1. The summed E-state index contributed by atoms with van der Waals surface area (Å²) in [6, 6.07) is 5.84. The van der Waals surface area contributed by atoms with Crippen molar-refractivity contribution in [1.82, 2.24) is 4.98 Å². The number of hydrogen-bond donors (Lipinski definition) is 2. The van der Waals surface area contributed by atoms with Crippen LogP contribution in [0.15, 0.2) is 24.3 Å². The van der Waals surface area contributed by atoms with E-state index in [0.717, 1.165) is 0 Å². The van der Waals surface area contributed by atoms with E-state index in [1.807, 2.05) is 0 Å². The predicted molar refractivity (Wildman–Crippen MR) is 78.9 cm³/mol. The first-order chi connectivity index (χ1) is 10.0. The Morgan fingerprint density at radius 1 is 1.33 bits per heavy atom. The second-order valence-corrected chi connectivity index (χ2v) is 5.35. The smallest absolute Gasteiger partial charge is 0.358 e. The zero-order chi connectivity index (χ0) is 15.4. The average Bonchev–Trinajstić information content (AvgIpc) is 2.80. The quantitative estimate of drug-likeness (QED) is 0.848. The van der Waals surface area contributed by atoms with E-state index in [0.29, 0.717) is 15.6 Å². The van der Waals surface area contributed by atoms with Crippen molar-refractivity contribution in [3.05, 3.63) is 40.4 Å². The van der Waals surface area contributed by atoms with Crippen LogP contribution >= 0.6 is 11.3 Å². The van der Waals surface area contributed by atoms with E-state index in [4.69, 9.17) is 4.74 Å². The SMILES string of the molecule is CCOC(=O)c1nc(NC(=O)c2ccc(O)cc2)sc1C. The number of thiazole rings is 1. The Hall–Kier alpha value is -2.41. The van der Waals surface area contributed by atoms with Gasteiger partial charge in [-0.15, -0.1) is 11.3 Å². The van der Waals surface area contributed by atoms with Gasteiger partial charge in [0.1, 0.15) is 5.75 Å². The molecule has 7 heteroatoms. The van der Waals surface area contributed by atoms with Crippen LogP contribution in [-0.2, 0) is 4.74 Å². The van der Waals surface area contributed by atoms with Crippen molar-refractivity contribution < 1.29 is 19.4 Å². The molecule has 0 spiro atoms. The molecule has 0 radical (unpaired) electrons. The molecule has 2 rings (SSSR count). The average molecular weight is 306 g/mol. The zero-order valence-corrected chi connectivity index (χ0v) is 12.4. The van der Waals surface area contributed by atoms with Crippen molar-refractivity contribution in [3.63, 3.8) is 0 Å². The van der Waals surface area contributed by atoms with Crippen LogP contribution in [-0.4, -0.2) is 28.6 Å². The molecule has 1 aromatic heterocycles. The number of nitrogens with one attached hydrogen (secondary N) is 1. The third kappa shape index (κ3) is 3.57. The van der Waals surface area contributed by atoms with Crippen molar-refractivity contribution in [1.29, 1.82) is 0 Å². The van der Waals surface area contributed by atoms with Gasteiger partial charge in [-0.05, 0) is 38.1 Å². The number of aromatic nitrogens is 1. The molecule has 1 amide bonds. The topological polar surface area (TPSA) is 88.5 Å². The molecular formula is C14H14N2O4S. The number of benzene rings is 1. The van der Waals surface area contributed by atoms with Crippen molar-refractivity contribution >= 4 is 28.3 Å². The van der Waals surface area contributed by atoms with Gasteiger partial charge in [0.15, 0.2) is 10.8 Å². The van der Waals surface area contributed by atoms with Crippen LogP contribution in [0.4, 0.5) is 5.13 Å². The van der Waals surface area contributed by atoms with Gasteiger partial charge in [0.2, 0.25) is 0 Å². The summed E-state index contributed by atoms with van der Waals surface area (Å²) >= 11 is 1.20. The summed E-state index contributed by atoms with van der Waals surface area (Å²) in [5, 5.41) is 12.1. The molecule has 110 valence electrons. The van der Waals surface area contributed by atoms with E-state index in [1.165, 1.54) is 35.6 Å². The fraction of sp³-hybridized carbons (Fsp3) is 0.214. The Labute approximate surface area is 125 Å². The van der Waals surface area contributed by atoms with Crippen LogP contribution in [0.2, 0.25) is 0 Å². The van der Waals surface area contributed by atoms with Crippen LogP contribution in [0.3, 0.4) is 0 Å². The van der Waals surface area contributed by atoms with Gasteiger partial charge in [0.05, 0.1) is 6.61 Å². The van der Waals surface area contributed by atoms with E-state index in [1.54, 1.807) is 13.8 Å². The molecule has 0 fully saturated rings. The highest BCUT2D eigenvalue weighted by Crippen LogP contribution is 2.23. The minimum absolute atomic E-state index is 0.0845. The Kier molecular flexibility index (Phi) is 4.54. The second kappa shape index (κ2) is 6.36. The fourth-order valence-electron chi connectivity index (χ4n) is 1.62. The third-order valence-electron chi connectivity index (χ3n) is 2.62. The number of phenolic OH excluding ortho intramolecular Hbond substituents is 1. The number of amides is 1. The number of carbonyl (C=O) groups is 2. The summed E-state index contributed by atoms with van der Waals surface area (Å²) in [4.78, 5) is 28.4. The normalized spacial score (nSPS) is 10.2. The van der Waals surface area contributed by atoms with Gasteiger partial charge < -0.3 is 9.84 Å². The van der Waals surface area contributed by atoms with Gasteiger partial charge in [0.25, 0.3) is 5.91 Å². The molecule has 1 heterocycles. The number of hydrogen-bond acceptors (Lipinski definition) is 6. The second-order valence-electron chi connectivity index (χ2n) is 4.15. The summed E-state index contributed by atoms with van der Waals surface area (Å²) in [6.07, 6.45) is 0. The molecule has 2 aromatic rings. The van der Waals surface area contributed by atoms with E-state index in [9.17, 15) is 14.7 Å². The summed E-state index contributed by atoms with van der Waals surface area (Å²) in [5.41, 5.74) is 0.598. The highest BCUT2D eigenvalue weighted by atomic mass is 32.1. The maximum absolute atomic E-state index is 12.0. The van der Waals surface area contributed by atoms with E-state index >= 15 is 0 Å². The minimum atomic E-state index is -0.503. The maximum Gasteiger partial charge on any atom is 0.358 e. The fourth-order valence-corrected chi connectivity index (χ4v) is 2.42. The van der Waals surface area contributed by atoms with Crippen LogP contribution in [0.1, 0.15) is 32.6 Å². The molecule has 2 N–H and O–H groups in total. The standard InChI is InChI=1S/C14H14N2O4S/c1-3-20-13(19)11-8(2)21-14(15-11)16-12(18)9-4-6-10(17)7-5-9/h4-7,17H,3H2,1-2H3,(H,15,16,18). The Morgan fingerprint density at radius 3 is 2.62 bits per heavy atom. The molecular weight excluding hydrogens is 292 g/mol. The molecule has 0 aliphatic rings. The van der Waals surface area contributed by atoms with Crippen molar-refractivity contribution in [2.75, 3.05) is 11.9 Å². The van der Waals surface area contributed by atoms with Gasteiger partial charge in [-0.2, -0.15) is 0 Å². The maximum atomic E-state index is 12.0. The molecule has 0 unspecified atom stereocenters. The summed E-state index contributed by atoms with van der Waals surface area (Å²) in [6.45, 7) is 3.72. The lowest BCUT2D eigenvalue weighted by Crippen LogP contribution is -2.12. The molecule has 0 atom stereocenters. The number of esters is 1. The van der Waals surface area contributed by atoms with Gasteiger partial charge in [-0.25, -0.2) is 9.78 Å². The van der Waals surface area contributed by atoms with E-state index in [-0.39, 0.29) is 24.0 Å². The summed E-state index contributed by atoms with van der Waals surface area (Å²) in [7, 11) is 0. The monoisotopic (exact) mass is 306 g/mol. The van der Waals surface area contributed by atoms with E-state index < -0.39 is 5.97 Å². The Morgan fingerprint density at radius 2 is 2.00 bits per heavy atom. The van der Waals surface area contributed by atoms with Crippen LogP contribution in [0.5, 0.6) is 5.75 Å². The van der Waals surface area contributed by atoms with E-state index in [2.05, 4.69) is 10.3 Å². The van der Waals surface area contributed by atoms with Crippen LogP contribution in [0, 0.1) is 6.92 Å². The van der Waals surface area contributed by atoms with Crippen molar-refractivity contribution in [2.24, 2.45) is 0 Å². The molecule has 0 saturated heterocycles. The summed E-state index contributed by atoms with van der Waals surface area (Å²) in [5.74, 6) is -0.781. The lowest BCUT2D eigenvalue weighted by Gasteiger charge is -2.01. The minimum Gasteiger partial charge on any atom is -0.508 e. The number of aryl methyl sites for hydroxylation is 1. The molecule has 1 aromatic carbocycles. The third-order valence-corrected chi connectivity index (χ3v) is 3.50. The van der Waals surface area contributed by atoms with Gasteiger partial charge >= 0.3 is 5.97 Å². The number of phenols is 1. The lowest BCUT2D eigenvalue weighted by atomic mass is 10.2. The Balaban J connectivity index is 2.13. The van der Waals surface area contributed by atoms with Crippen LogP contribution < -0.4 is 5.32 Å². The first kappa shape index (κ1) is 15.0. The largest absolute Gasteiger partial charge is 0.508 e. The molecule has 0 saturated carbocycles. The number of nitrogens with zero attached hydrogens (tertiary/aromatic N) is 1. The molecule has 21 heavy (non-hydrogen) atoms. The van der Waals surface area contributed by atoms with Crippen molar-refractivity contribution in [3.8, 4) is 5.75 Å². The molecule has 6 nitrogen and oxygen atoms in total. The lowest BCUT2D eigenvalue weighted by molar-refractivity contribution is 0.0519. The molecule has 0 aliphatic heterocycles. The number of aromatic hydroxyl groups is 1. The number of anilines is 1. The predicted octanol–water partition coefficient (Wildman–Crippen LogP) is 2.59. The summed E-state index contributed by atoms with van der Waals surface area (Å²) < 4.78 is 4.89. The zero-order valence-electron chi connectivity index (χ0n) is 11.5.